The Kier molecular flexibility index (Phi) is 6.10. The van der Waals surface area contributed by atoms with Crippen LogP contribution in [0.1, 0.15) is 62.6 Å². The van der Waals surface area contributed by atoms with Crippen molar-refractivity contribution in [2.75, 3.05) is 6.61 Å². The van der Waals surface area contributed by atoms with E-state index in [9.17, 15) is 0 Å². The summed E-state index contributed by atoms with van der Waals surface area (Å²) in [6.07, 6.45) is 6.85. The molecule has 0 heterocycles. The lowest BCUT2D eigenvalue weighted by atomic mass is 9.90. The molecule has 0 aliphatic heterocycles. The maximum atomic E-state index is 6.17. The molecule has 1 aromatic rings. The Bertz CT molecular complexity index is 424. The Balaban J connectivity index is 1.95. The van der Waals surface area contributed by atoms with Crippen LogP contribution in [-0.2, 0) is 6.54 Å². The zero-order valence-corrected chi connectivity index (χ0v) is 14.2. The highest BCUT2D eigenvalue weighted by atomic mass is 16.5. The number of rotatable bonds is 6. The zero-order chi connectivity index (χ0) is 15.2. The first-order chi connectivity index (χ1) is 10.1. The zero-order valence-electron chi connectivity index (χ0n) is 14.2. The van der Waals surface area contributed by atoms with E-state index in [-0.39, 0.29) is 0 Å². The molecule has 0 radical (unpaired) electrons. The second kappa shape index (κ2) is 7.84. The number of ether oxygens (including phenoxy) is 1. The van der Waals surface area contributed by atoms with E-state index in [2.05, 4.69) is 45.1 Å². The Labute approximate surface area is 130 Å². The second-order valence-corrected chi connectivity index (χ2v) is 6.91. The van der Waals surface area contributed by atoms with Crippen LogP contribution in [0.15, 0.2) is 12.1 Å². The van der Waals surface area contributed by atoms with Crippen molar-refractivity contribution in [2.24, 2.45) is 5.92 Å². The minimum absolute atomic E-state index is 0.521. The molecule has 1 saturated carbocycles. The van der Waals surface area contributed by atoms with E-state index >= 15 is 0 Å². The van der Waals surface area contributed by atoms with E-state index in [1.165, 1.54) is 48.8 Å². The monoisotopic (exact) mass is 289 g/mol. The molecule has 0 bridgehead atoms. The minimum Gasteiger partial charge on any atom is -0.493 e. The molecular weight excluding hydrogens is 258 g/mol. The molecule has 0 unspecified atom stereocenters. The fourth-order valence-electron chi connectivity index (χ4n) is 3.25. The molecule has 0 aromatic heterocycles. The molecule has 1 aliphatic rings. The lowest BCUT2D eigenvalue weighted by molar-refractivity contribution is 0.207. The number of nitrogens with one attached hydrogen (secondary N) is 1. The first kappa shape index (κ1) is 16.4. The van der Waals surface area contributed by atoms with Crippen molar-refractivity contribution in [3.05, 3.63) is 28.8 Å². The van der Waals surface area contributed by atoms with E-state index < -0.39 is 0 Å². The number of hydrogen-bond donors (Lipinski definition) is 1. The van der Waals surface area contributed by atoms with Crippen molar-refractivity contribution in [1.82, 2.24) is 5.32 Å². The first-order valence-corrected chi connectivity index (χ1v) is 8.52. The van der Waals surface area contributed by atoms with Crippen molar-refractivity contribution in [2.45, 2.75) is 72.4 Å². The molecule has 1 aliphatic carbocycles. The summed E-state index contributed by atoms with van der Waals surface area (Å²) in [4.78, 5) is 0. The summed E-state index contributed by atoms with van der Waals surface area (Å²) in [6.45, 7) is 10.5. The molecule has 0 saturated heterocycles. The fourth-order valence-corrected chi connectivity index (χ4v) is 3.25. The van der Waals surface area contributed by atoms with Crippen LogP contribution in [0.5, 0.6) is 5.75 Å². The molecule has 0 atom stereocenters. The average molecular weight is 289 g/mol. The smallest absolute Gasteiger partial charge is 0.125 e. The van der Waals surface area contributed by atoms with Crippen LogP contribution < -0.4 is 10.1 Å². The summed E-state index contributed by atoms with van der Waals surface area (Å²) < 4.78 is 6.17. The maximum Gasteiger partial charge on any atom is 0.125 e. The highest BCUT2D eigenvalue weighted by Gasteiger charge is 2.15. The summed E-state index contributed by atoms with van der Waals surface area (Å²) >= 11 is 0. The summed E-state index contributed by atoms with van der Waals surface area (Å²) in [5.41, 5.74) is 3.89. The molecular formula is C19H31NO. The van der Waals surface area contributed by atoms with E-state index in [1.54, 1.807) is 0 Å². The van der Waals surface area contributed by atoms with Gasteiger partial charge in [0.2, 0.25) is 0 Å². The molecule has 1 N–H and O–H groups in total. The van der Waals surface area contributed by atoms with Gasteiger partial charge >= 0.3 is 0 Å². The molecule has 21 heavy (non-hydrogen) atoms. The quantitative estimate of drug-likeness (QED) is 0.815. The lowest BCUT2D eigenvalue weighted by Gasteiger charge is -2.23. The summed E-state index contributed by atoms with van der Waals surface area (Å²) in [7, 11) is 0. The predicted molar refractivity (Wildman–Crippen MR) is 90.0 cm³/mol. The summed E-state index contributed by atoms with van der Waals surface area (Å²) in [5.74, 6) is 1.87. The van der Waals surface area contributed by atoms with Gasteiger partial charge in [0.1, 0.15) is 5.75 Å². The minimum atomic E-state index is 0.521. The van der Waals surface area contributed by atoms with E-state index in [0.29, 0.717) is 6.04 Å². The molecule has 1 fully saturated rings. The molecule has 2 nitrogen and oxygen atoms in total. The van der Waals surface area contributed by atoms with Crippen LogP contribution >= 0.6 is 0 Å². The third-order valence-electron chi connectivity index (χ3n) is 4.42. The second-order valence-electron chi connectivity index (χ2n) is 6.91. The number of aryl methyl sites for hydroxylation is 2. The highest BCUT2D eigenvalue weighted by molar-refractivity contribution is 5.43. The van der Waals surface area contributed by atoms with Crippen molar-refractivity contribution < 1.29 is 4.74 Å². The molecule has 118 valence electrons. The topological polar surface area (TPSA) is 21.3 Å². The Morgan fingerprint density at radius 1 is 1.10 bits per heavy atom. The normalized spacial score (nSPS) is 16.4. The van der Waals surface area contributed by atoms with Crippen LogP contribution in [0.2, 0.25) is 0 Å². The molecule has 2 heteroatoms. The van der Waals surface area contributed by atoms with Gasteiger partial charge in [0.15, 0.2) is 0 Å². The van der Waals surface area contributed by atoms with Gasteiger partial charge in [0.25, 0.3) is 0 Å². The number of benzene rings is 1. The standard InChI is InChI=1S/C19H31NO/c1-14(2)20-12-18-10-15(3)19(16(4)11-18)21-13-17-8-6-5-7-9-17/h10-11,14,17,20H,5-9,12-13H2,1-4H3. The van der Waals surface area contributed by atoms with Gasteiger partial charge in [-0.25, -0.2) is 0 Å². The maximum absolute atomic E-state index is 6.17. The van der Waals surface area contributed by atoms with E-state index in [1.807, 2.05) is 0 Å². The Hall–Kier alpha value is -1.02. The molecule has 2 rings (SSSR count). The van der Waals surface area contributed by atoms with Crippen molar-refractivity contribution in [3.8, 4) is 5.75 Å². The molecule has 0 amide bonds. The SMILES string of the molecule is Cc1cc(CNC(C)C)cc(C)c1OCC1CCCCC1. The van der Waals surface area contributed by atoms with Crippen molar-refractivity contribution in [1.29, 1.82) is 0 Å². The van der Waals surface area contributed by atoms with E-state index in [0.717, 1.165) is 24.8 Å². The van der Waals surface area contributed by atoms with Gasteiger partial charge in [-0.2, -0.15) is 0 Å². The fraction of sp³-hybridized carbons (Fsp3) is 0.684. The van der Waals surface area contributed by atoms with Crippen LogP contribution in [-0.4, -0.2) is 12.6 Å². The van der Waals surface area contributed by atoms with Crippen molar-refractivity contribution >= 4 is 0 Å². The lowest BCUT2D eigenvalue weighted by Crippen LogP contribution is -2.22. The van der Waals surface area contributed by atoms with Crippen molar-refractivity contribution in [3.63, 3.8) is 0 Å². The predicted octanol–water partition coefficient (Wildman–Crippen LogP) is 4.76. The van der Waals surface area contributed by atoms with Gasteiger partial charge in [0, 0.05) is 12.6 Å². The van der Waals surface area contributed by atoms with Crippen LogP contribution in [0.3, 0.4) is 0 Å². The molecule has 0 spiro atoms. The van der Waals surface area contributed by atoms with Gasteiger partial charge in [-0.3, -0.25) is 0 Å². The van der Waals surface area contributed by atoms with Gasteiger partial charge in [-0.15, -0.1) is 0 Å². The first-order valence-electron chi connectivity index (χ1n) is 8.52. The van der Waals surface area contributed by atoms with Crippen LogP contribution in [0, 0.1) is 19.8 Å². The summed E-state index contributed by atoms with van der Waals surface area (Å²) in [5, 5.41) is 3.48. The largest absolute Gasteiger partial charge is 0.493 e. The molecule has 1 aromatic carbocycles. The van der Waals surface area contributed by atoms with Crippen LogP contribution in [0.25, 0.3) is 0 Å². The Morgan fingerprint density at radius 2 is 1.71 bits per heavy atom. The van der Waals surface area contributed by atoms with Crippen LogP contribution in [0.4, 0.5) is 0 Å². The van der Waals surface area contributed by atoms with Gasteiger partial charge in [0.05, 0.1) is 6.61 Å². The highest BCUT2D eigenvalue weighted by Crippen LogP contribution is 2.28. The summed E-state index contributed by atoms with van der Waals surface area (Å²) in [6, 6.07) is 5.05. The third-order valence-corrected chi connectivity index (χ3v) is 4.42. The van der Waals surface area contributed by atoms with E-state index in [4.69, 9.17) is 4.74 Å². The third kappa shape index (κ3) is 5.03. The average Bonchev–Trinajstić information content (AvgIpc) is 2.45. The van der Waals surface area contributed by atoms with Gasteiger partial charge in [-0.1, -0.05) is 45.2 Å². The Morgan fingerprint density at radius 3 is 2.29 bits per heavy atom. The van der Waals surface area contributed by atoms with Gasteiger partial charge < -0.3 is 10.1 Å². The number of hydrogen-bond acceptors (Lipinski definition) is 2. The van der Waals surface area contributed by atoms with Gasteiger partial charge in [-0.05, 0) is 49.3 Å².